The van der Waals surface area contributed by atoms with E-state index in [1.165, 1.54) is 11.8 Å². The van der Waals surface area contributed by atoms with Gasteiger partial charge >= 0.3 is 5.97 Å². The van der Waals surface area contributed by atoms with Crippen LogP contribution in [0.2, 0.25) is 5.02 Å². The molecule has 1 aromatic rings. The fourth-order valence-corrected chi connectivity index (χ4v) is 2.23. The van der Waals surface area contributed by atoms with Crippen LogP contribution in [0.5, 0.6) is 0 Å². The first-order valence-corrected chi connectivity index (χ1v) is 7.47. The van der Waals surface area contributed by atoms with Crippen molar-refractivity contribution in [2.24, 2.45) is 0 Å². The Kier molecular flexibility index (Phi) is 6.18. The van der Waals surface area contributed by atoms with Gasteiger partial charge in [-0.1, -0.05) is 24.9 Å². The highest BCUT2D eigenvalue weighted by molar-refractivity contribution is 7.98. The second kappa shape index (κ2) is 7.40. The molecule has 0 saturated heterocycles. The molecular weight excluding hydrogens is 286 g/mol. The fraction of sp³-hybridized carbons (Fsp3) is 0.385. The Balaban J connectivity index is 2.90. The molecular formula is C13H16ClNO3S. The van der Waals surface area contributed by atoms with E-state index in [0.717, 1.165) is 4.90 Å². The van der Waals surface area contributed by atoms with Crippen molar-refractivity contribution in [1.29, 1.82) is 0 Å². The highest BCUT2D eigenvalue weighted by Crippen LogP contribution is 2.23. The third kappa shape index (κ3) is 4.44. The third-order valence-corrected chi connectivity index (χ3v) is 3.65. The predicted octanol–water partition coefficient (Wildman–Crippen LogP) is 3.05. The molecule has 0 aliphatic heterocycles. The average molecular weight is 302 g/mol. The summed E-state index contributed by atoms with van der Waals surface area (Å²) >= 11 is 7.46. The third-order valence-electron chi connectivity index (χ3n) is 2.60. The van der Waals surface area contributed by atoms with E-state index in [4.69, 9.17) is 16.7 Å². The molecule has 0 fully saturated rings. The number of carbonyl (C=O) groups is 2. The summed E-state index contributed by atoms with van der Waals surface area (Å²) in [7, 11) is 0. The first-order valence-electron chi connectivity index (χ1n) is 5.86. The maximum absolute atomic E-state index is 12.1. The zero-order valence-electron chi connectivity index (χ0n) is 10.8. The lowest BCUT2D eigenvalue weighted by molar-refractivity contribution is -0.139. The van der Waals surface area contributed by atoms with Crippen LogP contribution in [0, 0.1) is 0 Å². The molecule has 1 rings (SSSR count). The minimum atomic E-state index is -1.03. The standard InChI is InChI=1S/C13H16ClNO3S/c1-3-4-11(13(17)18)15-12(16)9-7-8(19-2)5-6-10(9)14/h5-7,11H,3-4H2,1-2H3,(H,15,16)(H,17,18). The van der Waals surface area contributed by atoms with Crippen molar-refractivity contribution in [3.8, 4) is 0 Å². The van der Waals surface area contributed by atoms with Gasteiger partial charge in [0.05, 0.1) is 10.6 Å². The molecule has 6 heteroatoms. The fourth-order valence-electron chi connectivity index (χ4n) is 1.59. The lowest BCUT2D eigenvalue weighted by Crippen LogP contribution is -2.40. The lowest BCUT2D eigenvalue weighted by atomic mass is 10.1. The van der Waals surface area contributed by atoms with Gasteiger partial charge in [-0.25, -0.2) is 4.79 Å². The summed E-state index contributed by atoms with van der Waals surface area (Å²) in [5.74, 6) is -1.49. The summed E-state index contributed by atoms with van der Waals surface area (Å²) in [4.78, 5) is 24.0. The van der Waals surface area contributed by atoms with Crippen molar-refractivity contribution in [1.82, 2.24) is 5.32 Å². The van der Waals surface area contributed by atoms with Gasteiger partial charge in [0.15, 0.2) is 0 Å². The molecule has 0 saturated carbocycles. The van der Waals surface area contributed by atoms with Crippen molar-refractivity contribution < 1.29 is 14.7 Å². The lowest BCUT2D eigenvalue weighted by Gasteiger charge is -2.14. The Morgan fingerprint density at radius 2 is 2.16 bits per heavy atom. The Labute approximate surface area is 121 Å². The Bertz CT molecular complexity index is 479. The van der Waals surface area contributed by atoms with E-state index < -0.39 is 17.9 Å². The topological polar surface area (TPSA) is 66.4 Å². The SMILES string of the molecule is CCCC(NC(=O)c1cc(SC)ccc1Cl)C(=O)O. The number of nitrogens with one attached hydrogen (secondary N) is 1. The van der Waals surface area contributed by atoms with E-state index in [-0.39, 0.29) is 0 Å². The van der Waals surface area contributed by atoms with E-state index in [0.29, 0.717) is 23.4 Å². The van der Waals surface area contributed by atoms with Crippen LogP contribution in [0.25, 0.3) is 0 Å². The molecule has 0 aliphatic rings. The van der Waals surface area contributed by atoms with Gasteiger partial charge in [0, 0.05) is 4.90 Å². The number of benzene rings is 1. The molecule has 0 aliphatic carbocycles. The second-order valence-corrected chi connectivity index (χ2v) is 5.29. The predicted molar refractivity (Wildman–Crippen MR) is 77.0 cm³/mol. The molecule has 0 spiro atoms. The number of rotatable bonds is 6. The molecule has 1 amide bonds. The first-order chi connectivity index (χ1) is 8.99. The summed E-state index contributed by atoms with van der Waals surface area (Å²) < 4.78 is 0. The van der Waals surface area contributed by atoms with Crippen LogP contribution < -0.4 is 5.32 Å². The van der Waals surface area contributed by atoms with E-state index in [1.807, 2.05) is 19.2 Å². The second-order valence-electron chi connectivity index (χ2n) is 4.00. The molecule has 0 heterocycles. The molecule has 0 radical (unpaired) electrons. The zero-order chi connectivity index (χ0) is 14.4. The summed E-state index contributed by atoms with van der Waals surface area (Å²) in [6.07, 6.45) is 2.96. The van der Waals surface area contributed by atoms with Gasteiger partial charge in [-0.3, -0.25) is 4.79 Å². The Morgan fingerprint density at radius 1 is 1.47 bits per heavy atom. The van der Waals surface area contributed by atoms with Crippen molar-refractivity contribution in [2.45, 2.75) is 30.7 Å². The Hall–Kier alpha value is -1.20. The number of carboxylic acid groups (broad SMARTS) is 1. The number of halogens is 1. The van der Waals surface area contributed by atoms with Crippen LogP contribution in [-0.4, -0.2) is 29.3 Å². The zero-order valence-corrected chi connectivity index (χ0v) is 12.3. The normalized spacial score (nSPS) is 11.9. The van der Waals surface area contributed by atoms with Crippen molar-refractivity contribution >= 4 is 35.2 Å². The number of thioether (sulfide) groups is 1. The first kappa shape index (κ1) is 15.9. The van der Waals surface area contributed by atoms with Crippen LogP contribution in [0.4, 0.5) is 0 Å². The molecule has 0 aromatic heterocycles. The van der Waals surface area contributed by atoms with Crippen LogP contribution in [0.1, 0.15) is 30.1 Å². The highest BCUT2D eigenvalue weighted by Gasteiger charge is 2.21. The van der Waals surface area contributed by atoms with Gasteiger partial charge in [-0.2, -0.15) is 0 Å². The van der Waals surface area contributed by atoms with Gasteiger partial charge in [-0.05, 0) is 30.9 Å². The number of carboxylic acids is 1. The van der Waals surface area contributed by atoms with Crippen LogP contribution in [-0.2, 0) is 4.79 Å². The number of amides is 1. The average Bonchev–Trinajstić information content (AvgIpc) is 2.38. The molecule has 0 bridgehead atoms. The maximum Gasteiger partial charge on any atom is 0.326 e. The van der Waals surface area contributed by atoms with E-state index >= 15 is 0 Å². The molecule has 2 N–H and O–H groups in total. The number of hydrogen-bond donors (Lipinski definition) is 2. The summed E-state index contributed by atoms with van der Waals surface area (Å²) in [5.41, 5.74) is 0.302. The molecule has 19 heavy (non-hydrogen) atoms. The van der Waals surface area contributed by atoms with Crippen LogP contribution >= 0.6 is 23.4 Å². The van der Waals surface area contributed by atoms with Gasteiger partial charge in [0.25, 0.3) is 5.91 Å². The monoisotopic (exact) mass is 301 g/mol. The Morgan fingerprint density at radius 3 is 2.68 bits per heavy atom. The summed E-state index contributed by atoms with van der Waals surface area (Å²) in [5, 5.41) is 11.8. The number of hydrogen-bond acceptors (Lipinski definition) is 3. The smallest absolute Gasteiger partial charge is 0.326 e. The molecule has 1 unspecified atom stereocenters. The van der Waals surface area contributed by atoms with Crippen LogP contribution in [0.15, 0.2) is 23.1 Å². The number of carbonyl (C=O) groups excluding carboxylic acids is 1. The molecule has 104 valence electrons. The van der Waals surface area contributed by atoms with E-state index in [9.17, 15) is 9.59 Å². The molecule has 1 atom stereocenters. The summed E-state index contributed by atoms with van der Waals surface area (Å²) in [6.45, 7) is 1.86. The quantitative estimate of drug-likeness (QED) is 0.793. The maximum atomic E-state index is 12.1. The van der Waals surface area contributed by atoms with Crippen molar-refractivity contribution in [3.63, 3.8) is 0 Å². The van der Waals surface area contributed by atoms with Crippen molar-refractivity contribution in [2.75, 3.05) is 6.26 Å². The largest absolute Gasteiger partial charge is 0.480 e. The van der Waals surface area contributed by atoms with Crippen molar-refractivity contribution in [3.05, 3.63) is 28.8 Å². The van der Waals surface area contributed by atoms with Gasteiger partial charge < -0.3 is 10.4 Å². The molecule has 1 aromatic carbocycles. The molecule has 4 nitrogen and oxygen atoms in total. The summed E-state index contributed by atoms with van der Waals surface area (Å²) in [6, 6.07) is 4.22. The van der Waals surface area contributed by atoms with Gasteiger partial charge in [-0.15, -0.1) is 11.8 Å². The van der Waals surface area contributed by atoms with Crippen LogP contribution in [0.3, 0.4) is 0 Å². The van der Waals surface area contributed by atoms with Gasteiger partial charge in [0.1, 0.15) is 6.04 Å². The van der Waals surface area contributed by atoms with E-state index in [2.05, 4.69) is 5.32 Å². The van der Waals surface area contributed by atoms with Gasteiger partial charge in [0.2, 0.25) is 0 Å². The minimum Gasteiger partial charge on any atom is -0.480 e. The van der Waals surface area contributed by atoms with E-state index in [1.54, 1.807) is 12.1 Å². The minimum absolute atomic E-state index is 0.302. The number of aliphatic carboxylic acids is 1. The highest BCUT2D eigenvalue weighted by atomic mass is 35.5.